The van der Waals surface area contributed by atoms with Crippen LogP contribution in [-0.2, 0) is 6.42 Å². The van der Waals surface area contributed by atoms with Crippen LogP contribution in [0.4, 0.5) is 0 Å². The van der Waals surface area contributed by atoms with Gasteiger partial charge in [-0.1, -0.05) is 44.0 Å². The molecule has 0 aliphatic heterocycles. The minimum Gasteiger partial charge on any atom is -0.294 e. The first-order valence-electron chi connectivity index (χ1n) is 8.38. The van der Waals surface area contributed by atoms with Crippen molar-refractivity contribution in [2.75, 3.05) is 0 Å². The smallest absolute Gasteiger partial charge is 0.163 e. The zero-order chi connectivity index (χ0) is 13.9. The van der Waals surface area contributed by atoms with Crippen molar-refractivity contribution in [2.45, 2.75) is 58.3 Å². The highest BCUT2D eigenvalue weighted by molar-refractivity contribution is 5.96. The fourth-order valence-electron chi connectivity index (χ4n) is 4.22. The van der Waals surface area contributed by atoms with Gasteiger partial charge in [-0.25, -0.2) is 0 Å². The number of fused-ring (bicyclic) bond motifs is 2. The van der Waals surface area contributed by atoms with Gasteiger partial charge in [0.15, 0.2) is 5.78 Å². The monoisotopic (exact) mass is 270 g/mol. The van der Waals surface area contributed by atoms with E-state index in [0.29, 0.717) is 11.7 Å². The molecule has 0 radical (unpaired) electrons. The van der Waals surface area contributed by atoms with Gasteiger partial charge in [-0.3, -0.25) is 4.79 Å². The minimum absolute atomic E-state index is 0.365. The van der Waals surface area contributed by atoms with Crippen molar-refractivity contribution in [2.24, 2.45) is 17.8 Å². The van der Waals surface area contributed by atoms with E-state index in [1.807, 2.05) is 12.1 Å². The number of carbonyl (C=O) groups is 1. The summed E-state index contributed by atoms with van der Waals surface area (Å²) in [6, 6.07) is 8.37. The molecule has 2 fully saturated rings. The predicted molar refractivity (Wildman–Crippen MR) is 82.9 cm³/mol. The third-order valence-electron chi connectivity index (χ3n) is 5.43. The molecule has 0 aromatic heterocycles. The van der Waals surface area contributed by atoms with Crippen LogP contribution in [0.3, 0.4) is 0 Å². The van der Waals surface area contributed by atoms with Crippen LogP contribution < -0.4 is 0 Å². The Morgan fingerprint density at radius 2 is 1.95 bits per heavy atom. The van der Waals surface area contributed by atoms with Crippen molar-refractivity contribution in [3.63, 3.8) is 0 Å². The SMILES string of the molecule is CCCCc1ccc(C(=O)CC2CC3CCC2C3)cc1. The van der Waals surface area contributed by atoms with E-state index in [9.17, 15) is 4.79 Å². The Morgan fingerprint density at radius 3 is 2.55 bits per heavy atom. The highest BCUT2D eigenvalue weighted by Crippen LogP contribution is 2.49. The lowest BCUT2D eigenvalue weighted by molar-refractivity contribution is 0.0944. The molecule has 2 aliphatic rings. The van der Waals surface area contributed by atoms with Crippen LogP contribution in [0.15, 0.2) is 24.3 Å². The first-order valence-corrected chi connectivity index (χ1v) is 8.38. The van der Waals surface area contributed by atoms with Crippen molar-refractivity contribution in [3.8, 4) is 0 Å². The van der Waals surface area contributed by atoms with E-state index in [4.69, 9.17) is 0 Å². The Kier molecular flexibility index (Phi) is 4.24. The lowest BCUT2D eigenvalue weighted by Gasteiger charge is -2.20. The van der Waals surface area contributed by atoms with Crippen LogP contribution in [0.2, 0.25) is 0 Å². The van der Waals surface area contributed by atoms with Crippen molar-refractivity contribution in [1.82, 2.24) is 0 Å². The fourth-order valence-corrected chi connectivity index (χ4v) is 4.22. The number of hydrogen-bond acceptors (Lipinski definition) is 1. The summed E-state index contributed by atoms with van der Waals surface area (Å²) in [5, 5.41) is 0. The zero-order valence-electron chi connectivity index (χ0n) is 12.6. The standard InChI is InChI=1S/C19H26O/c1-2-3-4-14-5-8-16(9-6-14)19(20)13-18-12-15-7-10-17(18)11-15/h5-6,8-9,15,17-18H,2-4,7,10-13H2,1H3. The molecule has 1 aromatic carbocycles. The van der Waals surface area contributed by atoms with Gasteiger partial charge in [0.25, 0.3) is 0 Å². The Morgan fingerprint density at radius 1 is 1.15 bits per heavy atom. The maximum Gasteiger partial charge on any atom is 0.163 e. The molecule has 0 saturated heterocycles. The number of benzene rings is 1. The number of carbonyl (C=O) groups excluding carboxylic acids is 1. The normalized spacial score (nSPS) is 27.9. The van der Waals surface area contributed by atoms with Gasteiger partial charge in [0.1, 0.15) is 0 Å². The fraction of sp³-hybridized carbons (Fsp3) is 0.632. The van der Waals surface area contributed by atoms with Gasteiger partial charge >= 0.3 is 0 Å². The molecule has 1 aromatic rings. The average molecular weight is 270 g/mol. The van der Waals surface area contributed by atoms with Crippen LogP contribution in [0.5, 0.6) is 0 Å². The third kappa shape index (κ3) is 2.97. The predicted octanol–water partition coefficient (Wildman–Crippen LogP) is 5.04. The van der Waals surface area contributed by atoms with E-state index in [-0.39, 0.29) is 0 Å². The summed E-state index contributed by atoms with van der Waals surface area (Å²) >= 11 is 0. The molecule has 2 aliphatic carbocycles. The van der Waals surface area contributed by atoms with Gasteiger partial charge in [0.2, 0.25) is 0 Å². The second kappa shape index (κ2) is 6.11. The summed E-state index contributed by atoms with van der Waals surface area (Å²) in [5.74, 6) is 2.84. The number of aryl methyl sites for hydroxylation is 1. The van der Waals surface area contributed by atoms with Gasteiger partial charge in [-0.05, 0) is 55.4 Å². The van der Waals surface area contributed by atoms with Crippen LogP contribution in [0, 0.1) is 17.8 Å². The molecule has 0 spiro atoms. The zero-order valence-corrected chi connectivity index (χ0v) is 12.6. The van der Waals surface area contributed by atoms with E-state index in [0.717, 1.165) is 30.2 Å². The lowest BCUT2D eigenvalue weighted by atomic mass is 9.84. The van der Waals surface area contributed by atoms with Gasteiger partial charge < -0.3 is 0 Å². The molecule has 0 amide bonds. The lowest BCUT2D eigenvalue weighted by Crippen LogP contribution is -2.15. The summed E-state index contributed by atoms with van der Waals surface area (Å²) in [6.45, 7) is 2.22. The Bertz CT molecular complexity index is 459. The molecule has 0 heterocycles. The van der Waals surface area contributed by atoms with Gasteiger partial charge in [-0.15, -0.1) is 0 Å². The average Bonchev–Trinajstić information content (AvgIpc) is 3.08. The molecule has 1 heteroatoms. The molecular weight excluding hydrogens is 244 g/mol. The molecule has 3 rings (SSSR count). The number of hydrogen-bond donors (Lipinski definition) is 0. The van der Waals surface area contributed by atoms with Crippen molar-refractivity contribution >= 4 is 5.78 Å². The maximum absolute atomic E-state index is 12.4. The Labute approximate surface area is 122 Å². The van der Waals surface area contributed by atoms with Crippen LogP contribution >= 0.6 is 0 Å². The Balaban J connectivity index is 1.57. The minimum atomic E-state index is 0.365. The van der Waals surface area contributed by atoms with Gasteiger partial charge in [-0.2, -0.15) is 0 Å². The summed E-state index contributed by atoms with van der Waals surface area (Å²) < 4.78 is 0. The molecule has 0 N–H and O–H groups in total. The largest absolute Gasteiger partial charge is 0.294 e. The maximum atomic E-state index is 12.4. The summed E-state index contributed by atoms with van der Waals surface area (Å²) in [7, 11) is 0. The highest BCUT2D eigenvalue weighted by Gasteiger charge is 2.40. The summed E-state index contributed by atoms with van der Waals surface area (Å²) in [4.78, 5) is 12.4. The van der Waals surface area contributed by atoms with Gasteiger partial charge in [0.05, 0.1) is 0 Å². The summed E-state index contributed by atoms with van der Waals surface area (Å²) in [6.07, 6.45) is 9.88. The number of Topliss-reactive ketones (excluding diaryl/α,β-unsaturated/α-hetero) is 1. The van der Waals surface area contributed by atoms with Crippen LogP contribution in [-0.4, -0.2) is 5.78 Å². The van der Waals surface area contributed by atoms with E-state index in [1.54, 1.807) is 0 Å². The molecular formula is C19H26O. The quantitative estimate of drug-likeness (QED) is 0.662. The van der Waals surface area contributed by atoms with Crippen LogP contribution in [0.25, 0.3) is 0 Å². The van der Waals surface area contributed by atoms with Crippen molar-refractivity contribution in [3.05, 3.63) is 35.4 Å². The molecule has 108 valence electrons. The first-order chi connectivity index (χ1) is 9.76. The van der Waals surface area contributed by atoms with Gasteiger partial charge in [0, 0.05) is 12.0 Å². The molecule has 2 bridgehead atoms. The molecule has 3 unspecified atom stereocenters. The highest BCUT2D eigenvalue weighted by atomic mass is 16.1. The third-order valence-corrected chi connectivity index (χ3v) is 5.43. The second-order valence-electron chi connectivity index (χ2n) is 6.86. The van der Waals surface area contributed by atoms with E-state index in [2.05, 4.69) is 19.1 Å². The number of unbranched alkanes of at least 4 members (excludes halogenated alkanes) is 1. The molecule has 3 atom stereocenters. The van der Waals surface area contributed by atoms with Crippen molar-refractivity contribution < 1.29 is 4.79 Å². The van der Waals surface area contributed by atoms with Crippen LogP contribution in [0.1, 0.15) is 67.8 Å². The first kappa shape index (κ1) is 13.9. The molecule has 20 heavy (non-hydrogen) atoms. The van der Waals surface area contributed by atoms with E-state index in [1.165, 1.54) is 44.1 Å². The topological polar surface area (TPSA) is 17.1 Å². The molecule has 1 nitrogen and oxygen atoms in total. The number of rotatable bonds is 6. The summed E-state index contributed by atoms with van der Waals surface area (Å²) in [5.41, 5.74) is 2.29. The second-order valence-corrected chi connectivity index (χ2v) is 6.86. The number of ketones is 1. The van der Waals surface area contributed by atoms with E-state index >= 15 is 0 Å². The molecule has 2 saturated carbocycles. The Hall–Kier alpha value is -1.11. The van der Waals surface area contributed by atoms with E-state index < -0.39 is 0 Å². The van der Waals surface area contributed by atoms with Crippen molar-refractivity contribution in [1.29, 1.82) is 0 Å².